The zero-order valence-electron chi connectivity index (χ0n) is 22.8. The molecule has 7 nitrogen and oxygen atoms in total. The van der Waals surface area contributed by atoms with E-state index in [1.54, 1.807) is 12.1 Å². The predicted molar refractivity (Wildman–Crippen MR) is 162 cm³/mol. The van der Waals surface area contributed by atoms with Crippen LogP contribution in [0.15, 0.2) is 113 Å². The topological polar surface area (TPSA) is 92.2 Å². The van der Waals surface area contributed by atoms with E-state index in [2.05, 4.69) is 26.8 Å². The molecular formula is C33H31BrFN3O4. The van der Waals surface area contributed by atoms with Gasteiger partial charge in [-0.05, 0) is 59.2 Å². The van der Waals surface area contributed by atoms with Crippen LogP contribution in [-0.2, 0) is 22.5 Å². The molecule has 1 aliphatic rings. The van der Waals surface area contributed by atoms with E-state index < -0.39 is 11.6 Å². The van der Waals surface area contributed by atoms with E-state index in [4.69, 9.17) is 19.6 Å². The Balaban J connectivity index is 1.50. The average molecular weight is 633 g/mol. The van der Waals surface area contributed by atoms with Crippen LogP contribution in [0.25, 0.3) is 0 Å². The number of amides is 1. The molecule has 0 radical (unpaired) electrons. The van der Waals surface area contributed by atoms with E-state index in [0.717, 1.165) is 21.2 Å². The molecule has 0 spiro atoms. The van der Waals surface area contributed by atoms with E-state index in [0.29, 0.717) is 36.8 Å². The first-order valence-electron chi connectivity index (χ1n) is 13.7. The van der Waals surface area contributed by atoms with Gasteiger partial charge in [-0.2, -0.15) is 0 Å². The van der Waals surface area contributed by atoms with E-state index >= 15 is 0 Å². The quantitative estimate of drug-likeness (QED) is 0.138. The van der Waals surface area contributed by atoms with Gasteiger partial charge in [-0.1, -0.05) is 76.6 Å². The Hall–Kier alpha value is -4.05. The van der Waals surface area contributed by atoms with Crippen LogP contribution >= 0.6 is 15.9 Å². The first kappa shape index (κ1) is 29.4. The number of aliphatic hydroxyl groups is 1. The standard InChI is InChI=1S/C33H31BrFN3O4/c34-29-10-5-4-9-26(29)21-33(32(40)38-36-22-23-11-15-27(35)16-12-23)30(24-7-2-1-3-8-24)42-31(37-33)25-13-17-28(18-14-25)41-20-6-19-39/h1-5,7-18,30,36,39H,6,19-22H2,(H,38,40)/t30-,33-/m0/s1. The molecule has 3 N–H and O–H groups in total. The molecule has 5 rings (SSSR count). The van der Waals surface area contributed by atoms with Gasteiger partial charge in [-0.25, -0.2) is 14.8 Å². The molecule has 2 atom stereocenters. The van der Waals surface area contributed by atoms with Crippen LogP contribution in [0.5, 0.6) is 5.75 Å². The number of hydrogen-bond acceptors (Lipinski definition) is 6. The maximum atomic E-state index is 14.2. The van der Waals surface area contributed by atoms with E-state index in [9.17, 15) is 9.18 Å². The number of carbonyl (C=O) groups is 1. The van der Waals surface area contributed by atoms with Gasteiger partial charge in [0.1, 0.15) is 11.6 Å². The van der Waals surface area contributed by atoms with Crippen LogP contribution in [-0.4, -0.2) is 35.7 Å². The molecule has 0 bridgehead atoms. The number of carbonyl (C=O) groups excluding carboxylic acids is 1. The van der Waals surface area contributed by atoms with Crippen molar-refractivity contribution in [1.29, 1.82) is 0 Å². The van der Waals surface area contributed by atoms with Crippen molar-refractivity contribution in [2.75, 3.05) is 13.2 Å². The second-order valence-corrected chi connectivity index (χ2v) is 10.8. The van der Waals surface area contributed by atoms with Crippen LogP contribution in [0.4, 0.5) is 4.39 Å². The number of rotatable bonds is 12. The van der Waals surface area contributed by atoms with Crippen LogP contribution in [0.1, 0.15) is 34.8 Å². The van der Waals surface area contributed by atoms with Crippen molar-refractivity contribution in [2.45, 2.75) is 31.0 Å². The SMILES string of the molecule is O=C(NNCc1ccc(F)cc1)[C@@]1(Cc2ccccc2Br)N=C(c2ccc(OCCCO)cc2)O[C@H]1c1ccccc1. The van der Waals surface area contributed by atoms with E-state index in [1.807, 2.05) is 78.9 Å². The first-order valence-corrected chi connectivity index (χ1v) is 14.4. The summed E-state index contributed by atoms with van der Waals surface area (Å²) in [4.78, 5) is 19.2. The number of aliphatic hydroxyl groups excluding tert-OH is 1. The minimum Gasteiger partial charge on any atom is -0.494 e. The second kappa shape index (κ2) is 13.7. The molecule has 0 saturated heterocycles. The highest BCUT2D eigenvalue weighted by atomic mass is 79.9. The van der Waals surface area contributed by atoms with Crippen molar-refractivity contribution in [1.82, 2.24) is 10.9 Å². The molecule has 0 unspecified atom stereocenters. The molecule has 9 heteroatoms. The molecule has 0 fully saturated rings. The molecule has 4 aromatic carbocycles. The zero-order valence-corrected chi connectivity index (χ0v) is 24.4. The Kier molecular flexibility index (Phi) is 9.63. The number of nitrogens with zero attached hydrogens (tertiary/aromatic N) is 1. The lowest BCUT2D eigenvalue weighted by Crippen LogP contribution is -2.53. The number of nitrogens with one attached hydrogen (secondary N) is 2. The fourth-order valence-electron chi connectivity index (χ4n) is 4.78. The minimum atomic E-state index is -1.37. The van der Waals surface area contributed by atoms with Gasteiger partial charge in [0.05, 0.1) is 6.61 Å². The van der Waals surface area contributed by atoms with Crippen molar-refractivity contribution >= 4 is 27.7 Å². The van der Waals surface area contributed by atoms with Gasteiger partial charge in [-0.15, -0.1) is 0 Å². The van der Waals surface area contributed by atoms with Crippen LogP contribution < -0.4 is 15.6 Å². The Morgan fingerprint density at radius 2 is 1.69 bits per heavy atom. The maximum Gasteiger partial charge on any atom is 0.266 e. The lowest BCUT2D eigenvalue weighted by Gasteiger charge is -2.31. The van der Waals surface area contributed by atoms with Gasteiger partial charge >= 0.3 is 0 Å². The highest BCUT2D eigenvalue weighted by molar-refractivity contribution is 9.10. The number of hydrazine groups is 1. The number of halogens is 2. The zero-order chi connectivity index (χ0) is 29.4. The monoisotopic (exact) mass is 631 g/mol. The third-order valence-corrected chi connectivity index (χ3v) is 7.73. The second-order valence-electron chi connectivity index (χ2n) is 9.90. The Labute approximate surface area is 252 Å². The molecule has 0 aliphatic carbocycles. The van der Waals surface area contributed by atoms with Crippen LogP contribution in [0.2, 0.25) is 0 Å². The normalized spacial score (nSPS) is 17.8. The van der Waals surface area contributed by atoms with Crippen molar-refractivity contribution < 1.29 is 23.8 Å². The fraction of sp³-hybridized carbons (Fsp3) is 0.212. The van der Waals surface area contributed by atoms with Crippen molar-refractivity contribution in [2.24, 2.45) is 4.99 Å². The molecule has 216 valence electrons. The summed E-state index contributed by atoms with van der Waals surface area (Å²) >= 11 is 3.64. The van der Waals surface area contributed by atoms with E-state index in [1.165, 1.54) is 12.1 Å². The molecule has 0 saturated carbocycles. The van der Waals surface area contributed by atoms with Crippen LogP contribution in [0.3, 0.4) is 0 Å². The van der Waals surface area contributed by atoms with Crippen LogP contribution in [0, 0.1) is 5.82 Å². The molecule has 4 aromatic rings. The van der Waals surface area contributed by atoms with Gasteiger partial charge in [0.15, 0.2) is 11.6 Å². The third-order valence-electron chi connectivity index (χ3n) is 6.96. The summed E-state index contributed by atoms with van der Waals surface area (Å²) in [6.45, 7) is 0.760. The average Bonchev–Trinajstić information content (AvgIpc) is 3.41. The third kappa shape index (κ3) is 6.87. The highest BCUT2D eigenvalue weighted by Crippen LogP contribution is 2.43. The predicted octanol–water partition coefficient (Wildman–Crippen LogP) is 5.67. The smallest absolute Gasteiger partial charge is 0.266 e. The summed E-state index contributed by atoms with van der Waals surface area (Å²) in [7, 11) is 0. The van der Waals surface area contributed by atoms with Gasteiger partial charge in [0.2, 0.25) is 5.90 Å². The molecule has 42 heavy (non-hydrogen) atoms. The highest BCUT2D eigenvalue weighted by Gasteiger charge is 2.53. The maximum absolute atomic E-state index is 14.2. The molecule has 1 heterocycles. The molecular weight excluding hydrogens is 601 g/mol. The van der Waals surface area contributed by atoms with Crippen molar-refractivity contribution in [3.05, 3.63) is 136 Å². The van der Waals surface area contributed by atoms with E-state index in [-0.39, 0.29) is 24.8 Å². The van der Waals surface area contributed by atoms with Gasteiger partial charge in [0, 0.05) is 36.0 Å². The largest absolute Gasteiger partial charge is 0.494 e. The lowest BCUT2D eigenvalue weighted by atomic mass is 9.82. The van der Waals surface area contributed by atoms with Crippen molar-refractivity contribution in [3.63, 3.8) is 0 Å². The summed E-state index contributed by atoms with van der Waals surface area (Å²) in [5, 5.41) is 9.02. The van der Waals surface area contributed by atoms with Gasteiger partial charge in [-0.3, -0.25) is 10.2 Å². The lowest BCUT2D eigenvalue weighted by molar-refractivity contribution is -0.130. The summed E-state index contributed by atoms with van der Waals surface area (Å²) < 4.78 is 26.4. The number of hydrogen-bond donors (Lipinski definition) is 3. The minimum absolute atomic E-state index is 0.0596. The number of benzene rings is 4. The van der Waals surface area contributed by atoms with Gasteiger partial charge in [0.25, 0.3) is 5.91 Å². The number of ether oxygens (including phenoxy) is 2. The fourth-order valence-corrected chi connectivity index (χ4v) is 5.20. The Morgan fingerprint density at radius 3 is 2.40 bits per heavy atom. The molecule has 0 aromatic heterocycles. The molecule has 1 aliphatic heterocycles. The van der Waals surface area contributed by atoms with Gasteiger partial charge < -0.3 is 14.6 Å². The number of aliphatic imine (C=N–C) groups is 1. The summed E-state index contributed by atoms with van der Waals surface area (Å²) in [5.74, 6) is 0.308. The summed E-state index contributed by atoms with van der Waals surface area (Å²) in [6.07, 6.45) is 0.0659. The Morgan fingerprint density at radius 1 is 0.976 bits per heavy atom. The molecule has 1 amide bonds. The van der Waals surface area contributed by atoms with Crippen molar-refractivity contribution in [3.8, 4) is 5.75 Å². The Bertz CT molecular complexity index is 1520. The summed E-state index contributed by atoms with van der Waals surface area (Å²) in [6, 6.07) is 30.7. The first-order chi connectivity index (χ1) is 20.5. The summed E-state index contributed by atoms with van der Waals surface area (Å²) in [5.41, 5.74) is 7.69.